The lowest BCUT2D eigenvalue weighted by molar-refractivity contribution is 0.0649. The Bertz CT molecular complexity index is 236. The molecule has 2 aliphatic rings. The molecule has 0 spiro atoms. The van der Waals surface area contributed by atoms with Gasteiger partial charge in [0.25, 0.3) is 0 Å². The minimum Gasteiger partial charge on any atom is -0.324 e. The van der Waals surface area contributed by atoms with Gasteiger partial charge in [0, 0.05) is 37.8 Å². The molecule has 100 valence electrons. The topological polar surface area (TPSA) is 32.5 Å². The highest BCUT2D eigenvalue weighted by molar-refractivity contribution is 4.92. The Balaban J connectivity index is 1.83. The van der Waals surface area contributed by atoms with Crippen molar-refractivity contribution in [2.45, 2.75) is 57.5 Å². The van der Waals surface area contributed by atoms with E-state index in [0.29, 0.717) is 6.04 Å². The summed E-state index contributed by atoms with van der Waals surface area (Å²) >= 11 is 0. The molecule has 1 aliphatic heterocycles. The predicted molar refractivity (Wildman–Crippen MR) is 73.2 cm³/mol. The molecule has 1 saturated heterocycles. The first-order valence-corrected chi connectivity index (χ1v) is 7.38. The predicted octanol–water partition coefficient (Wildman–Crippen LogP) is 1.67. The Morgan fingerprint density at radius 1 is 1.18 bits per heavy atom. The summed E-state index contributed by atoms with van der Waals surface area (Å²) in [6, 6.07) is 0.695. The highest BCUT2D eigenvalue weighted by atomic mass is 15.3. The van der Waals surface area contributed by atoms with E-state index in [-0.39, 0.29) is 5.54 Å². The smallest absolute Gasteiger partial charge is 0.0283 e. The number of nitrogens with two attached hydrogens (primary N) is 1. The van der Waals surface area contributed by atoms with Crippen LogP contribution in [0.1, 0.15) is 46.0 Å². The van der Waals surface area contributed by atoms with Crippen LogP contribution in [0.3, 0.4) is 0 Å². The standard InChI is InChI=1S/C14H29N3/c1-3-17-10-9-16(11-13(17)2)12-14(15)7-5-4-6-8-14/h13H,3-12,15H2,1-2H3. The molecule has 1 saturated carbocycles. The summed E-state index contributed by atoms with van der Waals surface area (Å²) in [5.74, 6) is 0. The summed E-state index contributed by atoms with van der Waals surface area (Å²) in [4.78, 5) is 5.17. The third kappa shape index (κ3) is 3.43. The van der Waals surface area contributed by atoms with Gasteiger partial charge in [-0.1, -0.05) is 26.2 Å². The van der Waals surface area contributed by atoms with Crippen molar-refractivity contribution in [2.75, 3.05) is 32.7 Å². The maximum atomic E-state index is 6.55. The lowest BCUT2D eigenvalue weighted by atomic mass is 9.82. The van der Waals surface area contributed by atoms with Crippen LogP contribution in [0, 0.1) is 0 Å². The van der Waals surface area contributed by atoms with E-state index in [1.54, 1.807) is 0 Å². The Labute approximate surface area is 106 Å². The zero-order valence-electron chi connectivity index (χ0n) is 11.6. The molecular weight excluding hydrogens is 210 g/mol. The van der Waals surface area contributed by atoms with Crippen molar-refractivity contribution in [2.24, 2.45) is 5.73 Å². The lowest BCUT2D eigenvalue weighted by Gasteiger charge is -2.44. The van der Waals surface area contributed by atoms with Gasteiger partial charge < -0.3 is 5.73 Å². The molecule has 2 fully saturated rings. The fraction of sp³-hybridized carbons (Fsp3) is 1.00. The van der Waals surface area contributed by atoms with Crippen LogP contribution in [0.5, 0.6) is 0 Å². The van der Waals surface area contributed by atoms with Crippen molar-refractivity contribution < 1.29 is 0 Å². The van der Waals surface area contributed by atoms with Crippen molar-refractivity contribution in [3.8, 4) is 0 Å². The maximum absolute atomic E-state index is 6.55. The first-order valence-electron chi connectivity index (χ1n) is 7.38. The van der Waals surface area contributed by atoms with Gasteiger partial charge in [-0.25, -0.2) is 0 Å². The van der Waals surface area contributed by atoms with Crippen molar-refractivity contribution >= 4 is 0 Å². The second-order valence-electron chi connectivity index (χ2n) is 6.14. The third-order valence-electron chi connectivity index (χ3n) is 4.64. The Morgan fingerprint density at radius 3 is 2.47 bits per heavy atom. The maximum Gasteiger partial charge on any atom is 0.0283 e. The van der Waals surface area contributed by atoms with Crippen molar-refractivity contribution in [3.05, 3.63) is 0 Å². The van der Waals surface area contributed by atoms with Gasteiger partial charge in [0.1, 0.15) is 0 Å². The third-order valence-corrected chi connectivity index (χ3v) is 4.64. The molecule has 1 heterocycles. The van der Waals surface area contributed by atoms with E-state index in [9.17, 15) is 0 Å². The van der Waals surface area contributed by atoms with E-state index in [0.717, 1.165) is 6.54 Å². The van der Waals surface area contributed by atoms with Crippen LogP contribution in [0.25, 0.3) is 0 Å². The highest BCUT2D eigenvalue weighted by Gasteiger charge is 2.32. The van der Waals surface area contributed by atoms with Crippen LogP contribution in [0.15, 0.2) is 0 Å². The van der Waals surface area contributed by atoms with Crippen LogP contribution >= 0.6 is 0 Å². The van der Waals surface area contributed by atoms with Crippen LogP contribution < -0.4 is 5.73 Å². The zero-order valence-corrected chi connectivity index (χ0v) is 11.6. The number of hydrogen-bond donors (Lipinski definition) is 1. The number of hydrogen-bond acceptors (Lipinski definition) is 3. The second kappa shape index (κ2) is 5.68. The first-order chi connectivity index (χ1) is 8.13. The molecule has 1 aliphatic carbocycles. The van der Waals surface area contributed by atoms with E-state index in [1.165, 1.54) is 58.3 Å². The van der Waals surface area contributed by atoms with Gasteiger partial charge in [0.15, 0.2) is 0 Å². The monoisotopic (exact) mass is 239 g/mol. The molecular formula is C14H29N3. The fourth-order valence-corrected chi connectivity index (χ4v) is 3.54. The van der Waals surface area contributed by atoms with Gasteiger partial charge >= 0.3 is 0 Å². The highest BCUT2D eigenvalue weighted by Crippen LogP contribution is 2.27. The average molecular weight is 239 g/mol. The SMILES string of the molecule is CCN1CCN(CC2(N)CCCCC2)CC1C. The Hall–Kier alpha value is -0.120. The summed E-state index contributed by atoms with van der Waals surface area (Å²) in [7, 11) is 0. The van der Waals surface area contributed by atoms with E-state index in [4.69, 9.17) is 5.73 Å². The summed E-state index contributed by atoms with van der Waals surface area (Å²) in [5, 5.41) is 0. The van der Waals surface area contributed by atoms with Crippen LogP contribution in [0.2, 0.25) is 0 Å². The second-order valence-corrected chi connectivity index (χ2v) is 6.14. The van der Waals surface area contributed by atoms with Crippen LogP contribution in [0.4, 0.5) is 0 Å². The molecule has 0 amide bonds. The molecule has 1 atom stereocenters. The molecule has 0 aromatic heterocycles. The fourth-order valence-electron chi connectivity index (χ4n) is 3.54. The van der Waals surface area contributed by atoms with Gasteiger partial charge in [-0.2, -0.15) is 0 Å². The van der Waals surface area contributed by atoms with E-state index in [1.807, 2.05) is 0 Å². The molecule has 1 unspecified atom stereocenters. The van der Waals surface area contributed by atoms with E-state index >= 15 is 0 Å². The number of piperazine rings is 1. The number of nitrogens with zero attached hydrogens (tertiary/aromatic N) is 2. The largest absolute Gasteiger partial charge is 0.324 e. The molecule has 0 aromatic carbocycles. The molecule has 2 rings (SSSR count). The van der Waals surface area contributed by atoms with E-state index < -0.39 is 0 Å². The number of likely N-dealkylation sites (N-methyl/N-ethyl adjacent to an activating group) is 1. The quantitative estimate of drug-likeness (QED) is 0.813. The normalized spacial score (nSPS) is 31.6. The molecule has 0 bridgehead atoms. The van der Waals surface area contributed by atoms with Gasteiger partial charge in [-0.05, 0) is 26.3 Å². The summed E-state index contributed by atoms with van der Waals surface area (Å²) in [6.45, 7) is 10.5. The molecule has 17 heavy (non-hydrogen) atoms. The lowest BCUT2D eigenvalue weighted by Crippen LogP contribution is -2.58. The zero-order chi connectivity index (χ0) is 12.3. The molecule has 0 radical (unpaired) electrons. The van der Waals surface area contributed by atoms with Crippen LogP contribution in [-0.2, 0) is 0 Å². The molecule has 3 nitrogen and oxygen atoms in total. The number of rotatable bonds is 3. The molecule has 0 aromatic rings. The van der Waals surface area contributed by atoms with Crippen molar-refractivity contribution in [3.63, 3.8) is 0 Å². The summed E-state index contributed by atoms with van der Waals surface area (Å²) in [5.41, 5.74) is 6.66. The molecule has 2 N–H and O–H groups in total. The van der Waals surface area contributed by atoms with Crippen molar-refractivity contribution in [1.82, 2.24) is 9.80 Å². The minimum atomic E-state index is 0.117. The average Bonchev–Trinajstić information content (AvgIpc) is 2.29. The van der Waals surface area contributed by atoms with Crippen LogP contribution in [-0.4, -0.2) is 54.1 Å². The Morgan fingerprint density at radius 2 is 1.88 bits per heavy atom. The summed E-state index contributed by atoms with van der Waals surface area (Å²) < 4.78 is 0. The van der Waals surface area contributed by atoms with Gasteiger partial charge in [0.05, 0.1) is 0 Å². The van der Waals surface area contributed by atoms with Gasteiger partial charge in [-0.15, -0.1) is 0 Å². The minimum absolute atomic E-state index is 0.117. The van der Waals surface area contributed by atoms with E-state index in [2.05, 4.69) is 23.6 Å². The van der Waals surface area contributed by atoms with Crippen molar-refractivity contribution in [1.29, 1.82) is 0 Å². The van der Waals surface area contributed by atoms with Gasteiger partial charge in [-0.3, -0.25) is 9.80 Å². The first kappa shape index (κ1) is 13.3. The summed E-state index contributed by atoms with van der Waals surface area (Å²) in [6.07, 6.45) is 6.52. The van der Waals surface area contributed by atoms with Gasteiger partial charge in [0.2, 0.25) is 0 Å². The Kier molecular flexibility index (Phi) is 4.45. The molecule has 3 heteroatoms.